The van der Waals surface area contributed by atoms with Crippen LogP contribution in [0.4, 0.5) is 0 Å². The number of hydrogen-bond donors (Lipinski definition) is 2. The van der Waals surface area contributed by atoms with Crippen LogP contribution in [0.15, 0.2) is 0 Å². The van der Waals surface area contributed by atoms with Crippen LogP contribution in [0.5, 0.6) is 0 Å². The minimum atomic E-state index is -0.0660. The number of thiol groups is 1. The molecule has 84 valence electrons. The first-order valence-electron chi connectivity index (χ1n) is 5.75. The first-order chi connectivity index (χ1) is 6.74. The van der Waals surface area contributed by atoms with Crippen molar-refractivity contribution in [2.24, 2.45) is 5.92 Å². The minimum Gasteiger partial charge on any atom is -0.393 e. The summed E-state index contributed by atoms with van der Waals surface area (Å²) >= 11 is 4.20. The van der Waals surface area contributed by atoms with E-state index in [0.29, 0.717) is 5.92 Å². The van der Waals surface area contributed by atoms with Crippen molar-refractivity contribution in [1.29, 1.82) is 0 Å². The highest BCUT2D eigenvalue weighted by Gasteiger charge is 2.23. The number of hydrogen-bond acceptors (Lipinski definition) is 3. The first-order valence-corrected chi connectivity index (χ1v) is 6.38. The van der Waals surface area contributed by atoms with Crippen LogP contribution < -0.4 is 0 Å². The van der Waals surface area contributed by atoms with Gasteiger partial charge >= 0.3 is 0 Å². The monoisotopic (exact) mass is 217 g/mol. The second-order valence-corrected chi connectivity index (χ2v) is 4.87. The molecule has 0 radical (unpaired) electrons. The molecule has 0 bridgehead atoms. The SMILES string of the molecule is CC1CN(CCCCCS)CCC1O. The number of aliphatic hydroxyl groups excluding tert-OH is 1. The van der Waals surface area contributed by atoms with Gasteiger partial charge in [-0.1, -0.05) is 13.3 Å². The largest absolute Gasteiger partial charge is 0.393 e. The van der Waals surface area contributed by atoms with Gasteiger partial charge in [-0.15, -0.1) is 0 Å². The molecular weight excluding hydrogens is 194 g/mol. The molecule has 1 saturated heterocycles. The fourth-order valence-electron chi connectivity index (χ4n) is 2.05. The molecule has 2 atom stereocenters. The molecule has 0 amide bonds. The van der Waals surface area contributed by atoms with E-state index in [1.54, 1.807) is 0 Å². The normalized spacial score (nSPS) is 29.4. The van der Waals surface area contributed by atoms with Gasteiger partial charge in [0.25, 0.3) is 0 Å². The van der Waals surface area contributed by atoms with Crippen LogP contribution in [0.25, 0.3) is 0 Å². The maximum Gasteiger partial charge on any atom is 0.0590 e. The van der Waals surface area contributed by atoms with E-state index in [1.165, 1.54) is 25.8 Å². The first kappa shape index (κ1) is 12.3. The molecule has 2 unspecified atom stereocenters. The molecule has 1 fully saturated rings. The van der Waals surface area contributed by atoms with E-state index in [-0.39, 0.29) is 6.10 Å². The van der Waals surface area contributed by atoms with Crippen molar-refractivity contribution in [2.45, 2.75) is 38.7 Å². The highest BCUT2D eigenvalue weighted by atomic mass is 32.1. The Morgan fingerprint density at radius 2 is 2.14 bits per heavy atom. The van der Waals surface area contributed by atoms with Gasteiger partial charge in [0.15, 0.2) is 0 Å². The summed E-state index contributed by atoms with van der Waals surface area (Å²) in [5, 5.41) is 9.57. The molecule has 1 rings (SSSR count). The van der Waals surface area contributed by atoms with Gasteiger partial charge in [0.05, 0.1) is 6.10 Å². The van der Waals surface area contributed by atoms with Crippen LogP contribution in [0.2, 0.25) is 0 Å². The van der Waals surface area contributed by atoms with Crippen molar-refractivity contribution in [1.82, 2.24) is 4.90 Å². The van der Waals surface area contributed by atoms with Crippen molar-refractivity contribution >= 4 is 12.6 Å². The molecule has 1 aliphatic rings. The predicted molar refractivity (Wildman–Crippen MR) is 63.9 cm³/mol. The van der Waals surface area contributed by atoms with Crippen LogP contribution in [-0.2, 0) is 0 Å². The molecule has 1 heterocycles. The molecule has 0 aromatic rings. The van der Waals surface area contributed by atoms with Gasteiger partial charge in [0.2, 0.25) is 0 Å². The second-order valence-electron chi connectivity index (χ2n) is 4.42. The summed E-state index contributed by atoms with van der Waals surface area (Å²) in [6.45, 7) is 5.49. The molecule has 0 aromatic carbocycles. The van der Waals surface area contributed by atoms with Crippen molar-refractivity contribution < 1.29 is 5.11 Å². The van der Waals surface area contributed by atoms with E-state index in [1.807, 2.05) is 0 Å². The Labute approximate surface area is 93.1 Å². The molecule has 0 spiro atoms. The fraction of sp³-hybridized carbons (Fsp3) is 1.00. The second kappa shape index (κ2) is 6.70. The Hall–Kier alpha value is 0.270. The summed E-state index contributed by atoms with van der Waals surface area (Å²) in [6.07, 6.45) is 4.69. The van der Waals surface area contributed by atoms with E-state index in [0.717, 1.165) is 25.3 Å². The standard InChI is InChI=1S/C11H23NOS/c1-10-9-12(7-5-11(10)13)6-3-2-4-8-14/h10-11,13-14H,2-9H2,1H3. The third-order valence-electron chi connectivity index (χ3n) is 3.08. The molecule has 0 aliphatic carbocycles. The Bertz CT molecular complexity index is 154. The zero-order chi connectivity index (χ0) is 10.4. The molecule has 0 aromatic heterocycles. The smallest absolute Gasteiger partial charge is 0.0590 e. The van der Waals surface area contributed by atoms with Crippen molar-refractivity contribution in [3.63, 3.8) is 0 Å². The van der Waals surface area contributed by atoms with Crippen molar-refractivity contribution in [3.05, 3.63) is 0 Å². The molecule has 1 N–H and O–H groups in total. The molecule has 14 heavy (non-hydrogen) atoms. The van der Waals surface area contributed by atoms with Gasteiger partial charge in [-0.3, -0.25) is 0 Å². The average Bonchev–Trinajstić information content (AvgIpc) is 2.18. The number of nitrogens with zero attached hydrogens (tertiary/aromatic N) is 1. The number of unbranched alkanes of at least 4 members (excludes halogenated alkanes) is 2. The molecular formula is C11H23NOS. The van der Waals surface area contributed by atoms with Gasteiger partial charge in [-0.05, 0) is 37.5 Å². The Morgan fingerprint density at radius 1 is 1.36 bits per heavy atom. The summed E-state index contributed by atoms with van der Waals surface area (Å²) in [5.41, 5.74) is 0. The topological polar surface area (TPSA) is 23.5 Å². The van der Waals surface area contributed by atoms with Crippen molar-refractivity contribution in [3.8, 4) is 0 Å². The van der Waals surface area contributed by atoms with Crippen molar-refractivity contribution in [2.75, 3.05) is 25.4 Å². The van der Waals surface area contributed by atoms with Gasteiger partial charge < -0.3 is 10.0 Å². The lowest BCUT2D eigenvalue weighted by molar-refractivity contribution is 0.0345. The fourth-order valence-corrected chi connectivity index (χ4v) is 2.27. The van der Waals surface area contributed by atoms with E-state index in [9.17, 15) is 5.11 Å². The van der Waals surface area contributed by atoms with E-state index in [2.05, 4.69) is 24.5 Å². The van der Waals surface area contributed by atoms with E-state index in [4.69, 9.17) is 0 Å². The maximum atomic E-state index is 9.57. The van der Waals surface area contributed by atoms with Crippen LogP contribution in [0.1, 0.15) is 32.6 Å². The molecule has 2 nitrogen and oxygen atoms in total. The molecule has 1 aliphatic heterocycles. The summed E-state index contributed by atoms with van der Waals surface area (Å²) in [5.74, 6) is 1.46. The quantitative estimate of drug-likeness (QED) is 0.542. The van der Waals surface area contributed by atoms with Gasteiger partial charge in [0, 0.05) is 13.1 Å². The lowest BCUT2D eigenvalue weighted by Gasteiger charge is -2.34. The minimum absolute atomic E-state index is 0.0660. The van der Waals surface area contributed by atoms with Crippen LogP contribution in [-0.4, -0.2) is 41.5 Å². The van der Waals surface area contributed by atoms with Crippen LogP contribution in [0, 0.1) is 5.92 Å². The van der Waals surface area contributed by atoms with Crippen LogP contribution in [0.3, 0.4) is 0 Å². The third kappa shape index (κ3) is 4.20. The maximum absolute atomic E-state index is 9.57. The van der Waals surface area contributed by atoms with Crippen LogP contribution >= 0.6 is 12.6 Å². The number of piperidine rings is 1. The summed E-state index contributed by atoms with van der Waals surface area (Å²) in [6, 6.07) is 0. The average molecular weight is 217 g/mol. The Kier molecular flexibility index (Phi) is 5.90. The predicted octanol–water partition coefficient (Wildman–Crippen LogP) is 1.79. The number of likely N-dealkylation sites (tertiary alicyclic amines) is 1. The zero-order valence-electron chi connectivity index (χ0n) is 9.15. The van der Waals surface area contributed by atoms with Gasteiger partial charge in [-0.25, -0.2) is 0 Å². The van der Waals surface area contributed by atoms with Gasteiger partial charge in [-0.2, -0.15) is 12.6 Å². The summed E-state index contributed by atoms with van der Waals surface area (Å²) < 4.78 is 0. The lowest BCUT2D eigenvalue weighted by atomic mass is 9.96. The Morgan fingerprint density at radius 3 is 2.79 bits per heavy atom. The van der Waals surface area contributed by atoms with Gasteiger partial charge in [0.1, 0.15) is 0 Å². The number of rotatable bonds is 5. The third-order valence-corrected chi connectivity index (χ3v) is 3.39. The highest BCUT2D eigenvalue weighted by Crippen LogP contribution is 2.16. The Balaban J connectivity index is 2.07. The molecule has 0 saturated carbocycles. The highest BCUT2D eigenvalue weighted by molar-refractivity contribution is 7.80. The zero-order valence-corrected chi connectivity index (χ0v) is 10.0. The number of aliphatic hydroxyl groups is 1. The summed E-state index contributed by atoms with van der Waals surface area (Å²) in [7, 11) is 0. The molecule has 3 heteroatoms. The van der Waals surface area contributed by atoms with E-state index >= 15 is 0 Å². The van der Waals surface area contributed by atoms with E-state index < -0.39 is 0 Å². The lowest BCUT2D eigenvalue weighted by Crippen LogP contribution is -2.42. The summed E-state index contributed by atoms with van der Waals surface area (Å²) in [4.78, 5) is 2.48.